The van der Waals surface area contributed by atoms with Crippen LogP contribution < -0.4 is 4.74 Å². The Kier molecular flexibility index (Phi) is 4.45. The number of carbonyl (C=O) groups excluding carboxylic acids is 1. The molecule has 1 aliphatic rings. The molecule has 1 aliphatic heterocycles. The van der Waals surface area contributed by atoms with E-state index in [9.17, 15) is 9.59 Å². The fourth-order valence-corrected chi connectivity index (χ4v) is 3.03. The Balaban J connectivity index is 1.77. The SMILES string of the molecule is COc1ccccc1C1CCCN1C(=O)Cn1cc(C(=O)O)nn1. The van der Waals surface area contributed by atoms with Gasteiger partial charge >= 0.3 is 5.97 Å². The topological polar surface area (TPSA) is 97.5 Å². The van der Waals surface area contributed by atoms with Crippen molar-refractivity contribution in [1.82, 2.24) is 19.9 Å². The number of aromatic carboxylic acids is 1. The number of aromatic nitrogens is 3. The fourth-order valence-electron chi connectivity index (χ4n) is 3.03. The summed E-state index contributed by atoms with van der Waals surface area (Å²) in [7, 11) is 1.61. The summed E-state index contributed by atoms with van der Waals surface area (Å²) >= 11 is 0. The number of nitrogens with zero attached hydrogens (tertiary/aromatic N) is 4. The lowest BCUT2D eigenvalue weighted by atomic mass is 10.0. The Morgan fingerprint density at radius 3 is 2.88 bits per heavy atom. The monoisotopic (exact) mass is 330 g/mol. The largest absolute Gasteiger partial charge is 0.496 e. The second kappa shape index (κ2) is 6.69. The van der Waals surface area contributed by atoms with Crippen LogP contribution in [-0.4, -0.2) is 50.5 Å². The number of carboxylic acid groups (broad SMARTS) is 1. The maximum Gasteiger partial charge on any atom is 0.358 e. The molecule has 1 saturated heterocycles. The first kappa shape index (κ1) is 16.0. The molecular weight excluding hydrogens is 312 g/mol. The number of benzene rings is 1. The molecule has 1 amide bonds. The minimum atomic E-state index is -1.17. The molecule has 2 aromatic rings. The Bertz CT molecular complexity index is 758. The highest BCUT2D eigenvalue weighted by atomic mass is 16.5. The number of ether oxygens (including phenoxy) is 1. The van der Waals surface area contributed by atoms with Gasteiger partial charge in [0, 0.05) is 12.1 Å². The van der Waals surface area contributed by atoms with Gasteiger partial charge in [-0.25, -0.2) is 9.48 Å². The molecule has 1 unspecified atom stereocenters. The van der Waals surface area contributed by atoms with Crippen LogP contribution in [0.15, 0.2) is 30.5 Å². The first-order valence-corrected chi connectivity index (χ1v) is 7.66. The number of para-hydroxylation sites is 1. The van der Waals surface area contributed by atoms with Gasteiger partial charge in [-0.3, -0.25) is 4.79 Å². The van der Waals surface area contributed by atoms with E-state index in [4.69, 9.17) is 9.84 Å². The molecule has 2 heterocycles. The third-order valence-electron chi connectivity index (χ3n) is 4.13. The van der Waals surface area contributed by atoms with Crippen molar-refractivity contribution in [3.05, 3.63) is 41.7 Å². The quantitative estimate of drug-likeness (QED) is 0.888. The van der Waals surface area contributed by atoms with Crippen LogP contribution in [0.25, 0.3) is 0 Å². The van der Waals surface area contributed by atoms with Crippen LogP contribution in [0.5, 0.6) is 5.75 Å². The van der Waals surface area contributed by atoms with Crippen LogP contribution in [-0.2, 0) is 11.3 Å². The lowest BCUT2D eigenvalue weighted by Crippen LogP contribution is -2.33. The average molecular weight is 330 g/mol. The molecule has 0 saturated carbocycles. The van der Waals surface area contributed by atoms with Crippen molar-refractivity contribution in [3.8, 4) is 5.75 Å². The number of likely N-dealkylation sites (tertiary alicyclic amines) is 1. The van der Waals surface area contributed by atoms with Crippen molar-refractivity contribution in [2.45, 2.75) is 25.4 Å². The lowest BCUT2D eigenvalue weighted by molar-refractivity contribution is -0.133. The van der Waals surface area contributed by atoms with Crippen LogP contribution in [0.1, 0.15) is 34.9 Å². The van der Waals surface area contributed by atoms with E-state index in [0.717, 1.165) is 24.2 Å². The highest BCUT2D eigenvalue weighted by Crippen LogP contribution is 2.36. The number of rotatable bonds is 5. The minimum absolute atomic E-state index is 0.0358. The van der Waals surface area contributed by atoms with Gasteiger partial charge in [0.2, 0.25) is 5.91 Å². The smallest absolute Gasteiger partial charge is 0.358 e. The molecule has 0 aliphatic carbocycles. The molecule has 24 heavy (non-hydrogen) atoms. The summed E-state index contributed by atoms with van der Waals surface area (Å²) in [6, 6.07) is 7.62. The number of carbonyl (C=O) groups is 2. The second-order valence-electron chi connectivity index (χ2n) is 5.59. The van der Waals surface area contributed by atoms with Gasteiger partial charge in [-0.1, -0.05) is 23.4 Å². The minimum Gasteiger partial charge on any atom is -0.496 e. The molecule has 1 N–H and O–H groups in total. The third kappa shape index (κ3) is 3.08. The van der Waals surface area contributed by atoms with Gasteiger partial charge in [0.25, 0.3) is 0 Å². The molecular formula is C16H18N4O4. The molecule has 1 aromatic heterocycles. The summed E-state index contributed by atoms with van der Waals surface area (Å²) in [6.45, 7) is 0.619. The van der Waals surface area contributed by atoms with E-state index in [1.54, 1.807) is 12.0 Å². The number of methoxy groups -OCH3 is 1. The average Bonchev–Trinajstić information content (AvgIpc) is 3.24. The molecule has 8 heteroatoms. The van der Waals surface area contributed by atoms with E-state index < -0.39 is 5.97 Å². The van der Waals surface area contributed by atoms with Gasteiger partial charge in [-0.05, 0) is 18.9 Å². The number of amides is 1. The first-order valence-electron chi connectivity index (χ1n) is 7.66. The zero-order valence-electron chi connectivity index (χ0n) is 13.3. The van der Waals surface area contributed by atoms with Gasteiger partial charge in [0.15, 0.2) is 5.69 Å². The van der Waals surface area contributed by atoms with E-state index in [0.29, 0.717) is 6.54 Å². The predicted octanol–water partition coefficient (Wildman–Crippen LogP) is 1.35. The second-order valence-corrected chi connectivity index (χ2v) is 5.59. The lowest BCUT2D eigenvalue weighted by Gasteiger charge is -2.26. The number of carboxylic acids is 1. The number of hydrogen-bond donors (Lipinski definition) is 1. The molecule has 0 radical (unpaired) electrons. The molecule has 8 nitrogen and oxygen atoms in total. The molecule has 1 atom stereocenters. The van der Waals surface area contributed by atoms with Crippen molar-refractivity contribution < 1.29 is 19.4 Å². The summed E-state index contributed by atoms with van der Waals surface area (Å²) in [5.41, 5.74) is 0.807. The Morgan fingerprint density at radius 2 is 2.17 bits per heavy atom. The van der Waals surface area contributed by atoms with Crippen molar-refractivity contribution in [1.29, 1.82) is 0 Å². The summed E-state index contributed by atoms with van der Waals surface area (Å²) in [4.78, 5) is 25.3. The molecule has 3 rings (SSSR count). The van der Waals surface area contributed by atoms with E-state index in [-0.39, 0.29) is 24.2 Å². The van der Waals surface area contributed by atoms with E-state index in [2.05, 4.69) is 10.3 Å². The van der Waals surface area contributed by atoms with E-state index >= 15 is 0 Å². The molecule has 126 valence electrons. The highest BCUT2D eigenvalue weighted by molar-refractivity contribution is 5.84. The summed E-state index contributed by atoms with van der Waals surface area (Å²) in [5, 5.41) is 16.1. The Labute approximate surface area is 138 Å². The van der Waals surface area contributed by atoms with Gasteiger partial charge < -0.3 is 14.7 Å². The van der Waals surface area contributed by atoms with Crippen molar-refractivity contribution >= 4 is 11.9 Å². The standard InChI is InChI=1S/C16H18N4O4/c1-24-14-7-3-2-5-11(14)13-6-4-8-20(13)15(21)10-19-9-12(16(22)23)17-18-19/h2-3,5,7,9,13H,4,6,8,10H2,1H3,(H,22,23). The first-order chi connectivity index (χ1) is 11.6. The molecule has 1 fully saturated rings. The van der Waals surface area contributed by atoms with Crippen LogP contribution >= 0.6 is 0 Å². The third-order valence-corrected chi connectivity index (χ3v) is 4.13. The van der Waals surface area contributed by atoms with Crippen molar-refractivity contribution in [2.75, 3.05) is 13.7 Å². The van der Waals surface area contributed by atoms with Gasteiger partial charge in [-0.2, -0.15) is 0 Å². The highest BCUT2D eigenvalue weighted by Gasteiger charge is 2.31. The summed E-state index contributed by atoms with van der Waals surface area (Å²) < 4.78 is 6.66. The van der Waals surface area contributed by atoms with Crippen LogP contribution in [0.4, 0.5) is 0 Å². The maximum atomic E-state index is 12.6. The number of hydrogen-bond acceptors (Lipinski definition) is 5. The van der Waals surface area contributed by atoms with Crippen molar-refractivity contribution in [2.24, 2.45) is 0 Å². The maximum absolute atomic E-state index is 12.6. The fraction of sp³-hybridized carbons (Fsp3) is 0.375. The van der Waals surface area contributed by atoms with E-state index in [1.165, 1.54) is 10.9 Å². The molecule has 0 spiro atoms. The molecule has 1 aromatic carbocycles. The van der Waals surface area contributed by atoms with Gasteiger partial charge in [0.1, 0.15) is 12.3 Å². The van der Waals surface area contributed by atoms with Gasteiger partial charge in [0.05, 0.1) is 19.3 Å². The van der Waals surface area contributed by atoms with Crippen molar-refractivity contribution in [3.63, 3.8) is 0 Å². The summed E-state index contributed by atoms with van der Waals surface area (Å²) in [5.74, 6) is -0.525. The zero-order chi connectivity index (χ0) is 17.1. The van der Waals surface area contributed by atoms with Crippen LogP contribution in [0.2, 0.25) is 0 Å². The van der Waals surface area contributed by atoms with E-state index in [1.807, 2.05) is 24.3 Å². The molecule has 0 bridgehead atoms. The van der Waals surface area contributed by atoms with Gasteiger partial charge in [-0.15, -0.1) is 5.10 Å². The Hall–Kier alpha value is -2.90. The van der Waals surface area contributed by atoms with Crippen LogP contribution in [0.3, 0.4) is 0 Å². The summed E-state index contributed by atoms with van der Waals surface area (Å²) in [6.07, 6.45) is 3.03. The normalized spacial score (nSPS) is 17.0. The Morgan fingerprint density at radius 1 is 1.38 bits per heavy atom. The van der Waals surface area contributed by atoms with Crippen LogP contribution in [0, 0.1) is 0 Å². The predicted molar refractivity (Wildman–Crippen MR) is 83.7 cm³/mol. The zero-order valence-corrected chi connectivity index (χ0v) is 13.3.